The third-order valence-corrected chi connectivity index (χ3v) is 3.87. The molecule has 0 amide bonds. The Balaban J connectivity index is 1.67. The number of unbranched alkanes of at least 4 members (excludes halogenated alkanes) is 3. The van der Waals surface area contributed by atoms with Gasteiger partial charge >= 0.3 is 5.97 Å². The molecule has 1 aliphatic carbocycles. The maximum Gasteiger partial charge on any atom is 0.317 e. The summed E-state index contributed by atoms with van der Waals surface area (Å²) in [5, 5.41) is 0. The number of esters is 1. The van der Waals surface area contributed by atoms with Gasteiger partial charge in [0.15, 0.2) is 5.78 Å². The molecule has 1 aromatic rings. The average molecular weight is 286 g/mol. The molecular formula is C18H22O3. The number of benzene rings is 1. The summed E-state index contributed by atoms with van der Waals surface area (Å²) in [5.74, 6) is -0.915. The number of Topliss-reactive ketones (excluding diaryl/α,β-unsaturated/α-hetero) is 1. The van der Waals surface area contributed by atoms with E-state index in [0.29, 0.717) is 0 Å². The minimum atomic E-state index is -0.506. The molecule has 0 radical (unpaired) electrons. The SMILES string of the molecule is C=CCCCCCC1C(=O)C1C(=O)OCc1ccccc1. The van der Waals surface area contributed by atoms with Crippen LogP contribution < -0.4 is 0 Å². The number of allylic oxidation sites excluding steroid dienone is 1. The summed E-state index contributed by atoms with van der Waals surface area (Å²) in [4.78, 5) is 23.6. The molecule has 2 unspecified atom stereocenters. The molecule has 0 aliphatic heterocycles. The molecule has 0 spiro atoms. The zero-order valence-corrected chi connectivity index (χ0v) is 12.3. The molecule has 3 nitrogen and oxygen atoms in total. The third-order valence-electron chi connectivity index (χ3n) is 3.87. The van der Waals surface area contributed by atoms with Crippen molar-refractivity contribution in [3.8, 4) is 0 Å². The van der Waals surface area contributed by atoms with Gasteiger partial charge in [0.2, 0.25) is 0 Å². The highest BCUT2D eigenvalue weighted by Crippen LogP contribution is 2.39. The molecule has 1 aliphatic rings. The van der Waals surface area contributed by atoms with E-state index in [1.165, 1.54) is 0 Å². The van der Waals surface area contributed by atoms with Crippen LogP contribution in [0.2, 0.25) is 0 Å². The van der Waals surface area contributed by atoms with Gasteiger partial charge in [-0.1, -0.05) is 49.2 Å². The van der Waals surface area contributed by atoms with E-state index >= 15 is 0 Å². The van der Waals surface area contributed by atoms with E-state index in [4.69, 9.17) is 4.74 Å². The van der Waals surface area contributed by atoms with Crippen LogP contribution in [-0.4, -0.2) is 11.8 Å². The van der Waals surface area contributed by atoms with Gasteiger partial charge in [-0.25, -0.2) is 0 Å². The monoisotopic (exact) mass is 286 g/mol. The van der Waals surface area contributed by atoms with Crippen LogP contribution in [0.5, 0.6) is 0 Å². The van der Waals surface area contributed by atoms with Crippen LogP contribution in [0.25, 0.3) is 0 Å². The number of carbonyl (C=O) groups is 2. The quantitative estimate of drug-likeness (QED) is 0.301. The Morgan fingerprint density at radius 2 is 1.95 bits per heavy atom. The predicted octanol–water partition coefficient (Wildman–Crippen LogP) is 3.68. The third kappa shape index (κ3) is 4.55. The standard InChI is InChI=1S/C18H22O3/c1-2-3-4-5-9-12-15-16(17(15)19)18(20)21-13-14-10-7-6-8-11-14/h2,6-8,10-11,15-16H,1,3-5,9,12-13H2. The lowest BCUT2D eigenvalue weighted by Gasteiger charge is -2.03. The minimum absolute atomic E-state index is 0.0526. The second-order valence-corrected chi connectivity index (χ2v) is 5.51. The second-order valence-electron chi connectivity index (χ2n) is 5.51. The lowest BCUT2D eigenvalue weighted by atomic mass is 10.1. The first kappa shape index (κ1) is 15.5. The van der Waals surface area contributed by atoms with Crippen molar-refractivity contribution in [2.75, 3.05) is 0 Å². The highest BCUT2D eigenvalue weighted by atomic mass is 16.5. The van der Waals surface area contributed by atoms with Crippen molar-refractivity contribution < 1.29 is 14.3 Å². The molecule has 2 atom stereocenters. The Labute approximate surface area is 126 Å². The summed E-state index contributed by atoms with van der Waals surface area (Å²) in [6.45, 7) is 3.93. The van der Waals surface area contributed by atoms with Crippen LogP contribution in [0.15, 0.2) is 43.0 Å². The van der Waals surface area contributed by atoms with Crippen molar-refractivity contribution >= 4 is 11.8 Å². The molecule has 3 heteroatoms. The van der Waals surface area contributed by atoms with E-state index in [2.05, 4.69) is 6.58 Å². The van der Waals surface area contributed by atoms with Gasteiger partial charge in [-0.2, -0.15) is 0 Å². The fourth-order valence-electron chi connectivity index (χ4n) is 2.53. The molecule has 21 heavy (non-hydrogen) atoms. The summed E-state index contributed by atoms with van der Waals surface area (Å²) < 4.78 is 5.22. The van der Waals surface area contributed by atoms with E-state index in [1.54, 1.807) is 0 Å². The van der Waals surface area contributed by atoms with Gasteiger partial charge in [-0.05, 0) is 24.8 Å². The van der Waals surface area contributed by atoms with E-state index in [1.807, 2.05) is 36.4 Å². The number of carbonyl (C=O) groups excluding carboxylic acids is 2. The number of hydrogen-bond donors (Lipinski definition) is 0. The smallest absolute Gasteiger partial charge is 0.317 e. The Kier molecular flexibility index (Phi) is 5.73. The van der Waals surface area contributed by atoms with E-state index < -0.39 is 5.92 Å². The minimum Gasteiger partial charge on any atom is -0.460 e. The lowest BCUT2D eigenvalue weighted by Crippen LogP contribution is -2.09. The average Bonchev–Trinajstić information content (AvgIpc) is 3.16. The Morgan fingerprint density at radius 1 is 1.19 bits per heavy atom. The molecule has 0 aromatic heterocycles. The van der Waals surface area contributed by atoms with Gasteiger partial charge in [-0.15, -0.1) is 6.58 Å². The van der Waals surface area contributed by atoms with E-state index in [-0.39, 0.29) is 24.3 Å². The van der Waals surface area contributed by atoms with Crippen molar-refractivity contribution in [3.05, 3.63) is 48.6 Å². The summed E-state index contributed by atoms with van der Waals surface area (Å²) in [7, 11) is 0. The van der Waals surface area contributed by atoms with Gasteiger partial charge in [0.1, 0.15) is 12.5 Å². The molecule has 1 aromatic carbocycles. The zero-order chi connectivity index (χ0) is 15.1. The van der Waals surface area contributed by atoms with Crippen molar-refractivity contribution in [2.24, 2.45) is 11.8 Å². The molecular weight excluding hydrogens is 264 g/mol. The Morgan fingerprint density at radius 3 is 2.67 bits per heavy atom. The Bertz CT molecular complexity index is 492. The summed E-state index contributed by atoms with van der Waals surface area (Å²) >= 11 is 0. The van der Waals surface area contributed by atoms with Gasteiger partial charge in [0.25, 0.3) is 0 Å². The van der Waals surface area contributed by atoms with Crippen LogP contribution in [0.1, 0.15) is 37.7 Å². The number of hydrogen-bond acceptors (Lipinski definition) is 3. The molecule has 2 rings (SSSR count). The number of ketones is 1. The fraction of sp³-hybridized carbons (Fsp3) is 0.444. The summed E-state index contributed by atoms with van der Waals surface area (Å²) in [6.07, 6.45) is 6.91. The summed E-state index contributed by atoms with van der Waals surface area (Å²) in [5.41, 5.74) is 0.944. The first-order valence-electron chi connectivity index (χ1n) is 7.59. The summed E-state index contributed by atoms with van der Waals surface area (Å²) in [6, 6.07) is 9.52. The highest BCUT2D eigenvalue weighted by molar-refractivity contribution is 6.14. The van der Waals surface area contributed by atoms with Gasteiger partial charge in [-0.3, -0.25) is 9.59 Å². The first-order chi connectivity index (χ1) is 10.2. The van der Waals surface area contributed by atoms with Crippen LogP contribution in [0.3, 0.4) is 0 Å². The van der Waals surface area contributed by atoms with Gasteiger partial charge in [0, 0.05) is 5.92 Å². The molecule has 1 saturated carbocycles. The van der Waals surface area contributed by atoms with E-state index in [9.17, 15) is 9.59 Å². The fourth-order valence-corrected chi connectivity index (χ4v) is 2.53. The van der Waals surface area contributed by atoms with Gasteiger partial charge in [0.05, 0.1) is 0 Å². The Hall–Kier alpha value is -1.90. The lowest BCUT2D eigenvalue weighted by molar-refractivity contribution is -0.147. The topological polar surface area (TPSA) is 43.4 Å². The normalized spacial score (nSPS) is 20.1. The maximum atomic E-state index is 11.9. The van der Waals surface area contributed by atoms with Crippen LogP contribution in [0, 0.1) is 11.8 Å². The van der Waals surface area contributed by atoms with Crippen LogP contribution >= 0.6 is 0 Å². The molecule has 0 heterocycles. The molecule has 0 saturated heterocycles. The van der Waals surface area contributed by atoms with Gasteiger partial charge < -0.3 is 4.74 Å². The number of rotatable bonds is 9. The second kappa shape index (κ2) is 7.77. The van der Waals surface area contributed by atoms with Crippen molar-refractivity contribution in [1.82, 2.24) is 0 Å². The van der Waals surface area contributed by atoms with Crippen molar-refractivity contribution in [2.45, 2.75) is 38.7 Å². The van der Waals surface area contributed by atoms with Crippen LogP contribution in [0.4, 0.5) is 0 Å². The molecule has 0 bridgehead atoms. The largest absolute Gasteiger partial charge is 0.460 e. The number of ether oxygens (including phenoxy) is 1. The molecule has 112 valence electrons. The van der Waals surface area contributed by atoms with E-state index in [0.717, 1.165) is 37.7 Å². The van der Waals surface area contributed by atoms with Crippen molar-refractivity contribution in [1.29, 1.82) is 0 Å². The predicted molar refractivity (Wildman–Crippen MR) is 81.5 cm³/mol. The maximum absolute atomic E-state index is 11.9. The first-order valence-corrected chi connectivity index (χ1v) is 7.59. The molecule has 1 fully saturated rings. The highest BCUT2D eigenvalue weighted by Gasteiger charge is 2.54. The zero-order valence-electron chi connectivity index (χ0n) is 12.3. The molecule has 0 N–H and O–H groups in total. The van der Waals surface area contributed by atoms with Crippen molar-refractivity contribution in [3.63, 3.8) is 0 Å². The van der Waals surface area contributed by atoms with Crippen LogP contribution in [-0.2, 0) is 20.9 Å².